The normalized spacial score (nSPS) is 10.4. The van der Waals surface area contributed by atoms with Gasteiger partial charge in [0.25, 0.3) is 0 Å². The van der Waals surface area contributed by atoms with Gasteiger partial charge in [0, 0.05) is 0 Å². The monoisotopic (exact) mass is 458 g/mol. The molecule has 0 aliphatic carbocycles. The molecule has 0 spiro atoms. The van der Waals surface area contributed by atoms with Gasteiger partial charge in [0.05, 0.1) is 0 Å². The molecule has 0 fully saturated rings. The van der Waals surface area contributed by atoms with Gasteiger partial charge in [0.1, 0.15) is 0 Å². The minimum atomic E-state index is 0. The molecule has 27 heavy (non-hydrogen) atoms. The van der Waals surface area contributed by atoms with Crippen LogP contribution < -0.4 is 0 Å². The van der Waals surface area contributed by atoms with E-state index in [0.29, 0.717) is 0 Å². The molecule has 0 aliphatic rings. The molecule has 2 aromatic rings. The van der Waals surface area contributed by atoms with E-state index >= 15 is 0 Å². The summed E-state index contributed by atoms with van der Waals surface area (Å²) >= 11 is 0. The second-order valence-corrected chi connectivity index (χ2v) is 6.64. The molecule has 0 N–H and O–H groups in total. The van der Waals surface area contributed by atoms with Crippen molar-refractivity contribution in [1.82, 2.24) is 9.13 Å². The second-order valence-electron chi connectivity index (χ2n) is 6.64. The van der Waals surface area contributed by atoms with Crippen LogP contribution in [0.25, 0.3) is 0 Å². The number of hydrogen-bond donors (Lipinski definition) is 0. The summed E-state index contributed by atoms with van der Waals surface area (Å²) in [4.78, 5) is 0. The van der Waals surface area contributed by atoms with Gasteiger partial charge in [-0.3, -0.25) is 0 Å². The zero-order chi connectivity index (χ0) is 19.7. The average molecular weight is 458 g/mol. The van der Waals surface area contributed by atoms with Crippen molar-refractivity contribution in [3.63, 3.8) is 0 Å². The summed E-state index contributed by atoms with van der Waals surface area (Å²) < 4.78 is 4.55. The fraction of sp³-hybridized carbons (Fsp3) is 0.667. The molecule has 2 aromatic heterocycles. The Morgan fingerprint density at radius 2 is 0.852 bits per heavy atom. The Kier molecular flexibility index (Phi) is 13.0. The Labute approximate surface area is 181 Å². The van der Waals surface area contributed by atoms with Crippen LogP contribution in [-0.2, 0) is 71.1 Å². The van der Waals surface area contributed by atoms with Gasteiger partial charge in [0.15, 0.2) is 0 Å². The van der Waals surface area contributed by atoms with E-state index in [1.54, 1.807) is 0 Å². The van der Waals surface area contributed by atoms with Crippen molar-refractivity contribution in [3.8, 4) is 0 Å². The zero-order valence-corrected chi connectivity index (χ0v) is 20.6. The first-order chi connectivity index (χ1) is 12.6. The SMILES string of the molecule is CCc1[c-]n(CC)c(CC)c1CC.CCc1[c-]n(CC)c(CC)c1CC.[Ru+2]. The largest absolute Gasteiger partial charge is 2.00 e. The van der Waals surface area contributed by atoms with Gasteiger partial charge in [-0.1, -0.05) is 80.1 Å². The minimum Gasteiger partial charge on any atom is -0.468 e. The van der Waals surface area contributed by atoms with E-state index in [2.05, 4.69) is 76.9 Å². The van der Waals surface area contributed by atoms with E-state index in [9.17, 15) is 0 Å². The summed E-state index contributed by atoms with van der Waals surface area (Å²) in [6, 6.07) is 0. The van der Waals surface area contributed by atoms with Crippen molar-refractivity contribution in [1.29, 1.82) is 0 Å². The molecule has 154 valence electrons. The molecular weight excluding hydrogens is 417 g/mol. The number of rotatable bonds is 8. The Hall–Kier alpha value is -0.817. The molecule has 0 saturated carbocycles. The van der Waals surface area contributed by atoms with E-state index in [1.165, 1.54) is 33.6 Å². The van der Waals surface area contributed by atoms with E-state index in [-0.39, 0.29) is 19.5 Å². The van der Waals surface area contributed by atoms with Crippen LogP contribution in [0.1, 0.15) is 89.0 Å². The molecular formula is C24H40N2Ru. The average Bonchev–Trinajstić information content (AvgIpc) is 3.23. The second kappa shape index (κ2) is 13.4. The zero-order valence-electron chi connectivity index (χ0n) is 18.9. The predicted molar refractivity (Wildman–Crippen MR) is 114 cm³/mol. The first-order valence-corrected chi connectivity index (χ1v) is 10.8. The number of aryl methyl sites for hydroxylation is 4. The molecule has 0 bridgehead atoms. The van der Waals surface area contributed by atoms with Crippen LogP contribution in [0.3, 0.4) is 0 Å². The van der Waals surface area contributed by atoms with Crippen LogP contribution in [-0.4, -0.2) is 9.13 Å². The Balaban J connectivity index is 0.000000483. The van der Waals surface area contributed by atoms with Gasteiger partial charge in [-0.25, -0.2) is 0 Å². The Morgan fingerprint density at radius 3 is 1.04 bits per heavy atom. The third kappa shape index (κ3) is 6.08. The van der Waals surface area contributed by atoms with Crippen molar-refractivity contribution >= 4 is 0 Å². The molecule has 0 unspecified atom stereocenters. The summed E-state index contributed by atoms with van der Waals surface area (Å²) in [5.41, 5.74) is 8.88. The molecule has 0 aliphatic heterocycles. The molecule has 0 radical (unpaired) electrons. The fourth-order valence-corrected chi connectivity index (χ4v) is 4.04. The van der Waals surface area contributed by atoms with Gasteiger partial charge < -0.3 is 9.13 Å². The van der Waals surface area contributed by atoms with Gasteiger partial charge in [-0.2, -0.15) is 22.3 Å². The summed E-state index contributed by atoms with van der Waals surface area (Å²) in [5, 5.41) is 0. The quantitative estimate of drug-likeness (QED) is 0.340. The summed E-state index contributed by atoms with van der Waals surface area (Å²) in [6.45, 7) is 19.8. The molecule has 0 amide bonds. The third-order valence-electron chi connectivity index (χ3n) is 5.33. The minimum absolute atomic E-state index is 0. The van der Waals surface area contributed by atoms with Gasteiger partial charge in [-0.15, -0.1) is 23.8 Å². The Morgan fingerprint density at radius 1 is 0.519 bits per heavy atom. The Bertz CT molecular complexity index is 553. The summed E-state index contributed by atoms with van der Waals surface area (Å²) in [5.74, 6) is 0. The number of nitrogens with zero attached hydrogens (tertiary/aromatic N) is 2. The fourth-order valence-electron chi connectivity index (χ4n) is 4.04. The third-order valence-corrected chi connectivity index (χ3v) is 5.33. The van der Waals surface area contributed by atoms with Crippen LogP contribution in [0.4, 0.5) is 0 Å². The molecule has 0 aromatic carbocycles. The van der Waals surface area contributed by atoms with Gasteiger partial charge in [0.2, 0.25) is 0 Å². The number of hydrogen-bond acceptors (Lipinski definition) is 0. The van der Waals surface area contributed by atoms with Crippen LogP contribution >= 0.6 is 0 Å². The predicted octanol–water partition coefficient (Wildman–Crippen LogP) is 5.99. The summed E-state index contributed by atoms with van der Waals surface area (Å²) in [6.07, 6.45) is 13.7. The molecule has 0 saturated heterocycles. The maximum absolute atomic E-state index is 3.47. The van der Waals surface area contributed by atoms with Crippen molar-refractivity contribution in [2.24, 2.45) is 0 Å². The van der Waals surface area contributed by atoms with Crippen molar-refractivity contribution in [2.45, 2.75) is 107 Å². The van der Waals surface area contributed by atoms with Gasteiger partial charge in [-0.05, 0) is 26.9 Å². The van der Waals surface area contributed by atoms with E-state index < -0.39 is 0 Å². The van der Waals surface area contributed by atoms with Crippen LogP contribution in [0.2, 0.25) is 0 Å². The first kappa shape index (κ1) is 26.2. The molecule has 3 heteroatoms. The topological polar surface area (TPSA) is 9.86 Å². The smallest absolute Gasteiger partial charge is 0.468 e. The maximum atomic E-state index is 3.47. The van der Waals surface area contributed by atoms with Crippen molar-refractivity contribution in [2.75, 3.05) is 0 Å². The van der Waals surface area contributed by atoms with Crippen molar-refractivity contribution < 1.29 is 19.5 Å². The van der Waals surface area contributed by atoms with E-state index in [0.717, 1.165) is 51.6 Å². The molecule has 2 nitrogen and oxygen atoms in total. The van der Waals surface area contributed by atoms with Gasteiger partial charge >= 0.3 is 19.5 Å². The van der Waals surface area contributed by atoms with E-state index in [1.807, 2.05) is 0 Å². The van der Waals surface area contributed by atoms with Crippen LogP contribution in [0.15, 0.2) is 0 Å². The first-order valence-electron chi connectivity index (χ1n) is 10.8. The van der Waals surface area contributed by atoms with E-state index in [4.69, 9.17) is 0 Å². The standard InChI is InChI=1S/2C12H20N.Ru/c2*1-5-10-9-13(8-4)12(7-3)11(10)6-2;/h2*5-8H2,1-4H3;/q2*-1;+2. The molecule has 2 heterocycles. The molecule has 2 rings (SSSR count). The van der Waals surface area contributed by atoms with Crippen molar-refractivity contribution in [3.05, 3.63) is 46.0 Å². The molecule has 0 atom stereocenters. The van der Waals surface area contributed by atoms with Crippen LogP contribution in [0.5, 0.6) is 0 Å². The number of aromatic nitrogens is 2. The maximum Gasteiger partial charge on any atom is 2.00 e. The van der Waals surface area contributed by atoms with Crippen LogP contribution in [0, 0.1) is 12.4 Å². The summed E-state index contributed by atoms with van der Waals surface area (Å²) in [7, 11) is 0.